The van der Waals surface area contributed by atoms with Crippen LogP contribution in [0.15, 0.2) is 63.8 Å². The van der Waals surface area contributed by atoms with Gasteiger partial charge in [0.25, 0.3) is 6.01 Å². The fourth-order valence-electron chi connectivity index (χ4n) is 2.25. The number of esters is 1. The van der Waals surface area contributed by atoms with E-state index in [-0.39, 0.29) is 6.01 Å². The van der Waals surface area contributed by atoms with Gasteiger partial charge < -0.3 is 14.5 Å². The molecule has 0 bridgehead atoms. The number of hydrogen-bond donors (Lipinski definition) is 1. The zero-order chi connectivity index (χ0) is 16.2. The molecule has 1 atom stereocenters. The first-order valence-electron chi connectivity index (χ1n) is 6.98. The number of nitrogens with zero attached hydrogens (tertiary/aromatic N) is 1. The summed E-state index contributed by atoms with van der Waals surface area (Å²) in [5.74, 6) is -0.506. The van der Waals surface area contributed by atoms with Gasteiger partial charge in [-0.25, -0.2) is 9.59 Å². The van der Waals surface area contributed by atoms with E-state index in [2.05, 4.69) is 10.3 Å². The highest BCUT2D eigenvalue weighted by Gasteiger charge is 2.23. The van der Waals surface area contributed by atoms with Crippen LogP contribution in [0.1, 0.15) is 11.6 Å². The topological polar surface area (TPSA) is 81.4 Å². The Kier molecular flexibility index (Phi) is 4.05. The summed E-state index contributed by atoms with van der Waals surface area (Å²) in [4.78, 5) is 28.3. The van der Waals surface area contributed by atoms with Crippen molar-refractivity contribution < 1.29 is 13.9 Å². The number of fused-ring (bicyclic) bond motifs is 1. The molecule has 1 N–H and O–H groups in total. The Morgan fingerprint density at radius 1 is 1.13 bits per heavy atom. The summed E-state index contributed by atoms with van der Waals surface area (Å²) in [5, 5.41) is 3.21. The summed E-state index contributed by atoms with van der Waals surface area (Å²) in [5.41, 5.74) is 0.648. The summed E-state index contributed by atoms with van der Waals surface area (Å²) in [6.07, 6.45) is 0. The van der Waals surface area contributed by atoms with E-state index in [1.54, 1.807) is 48.5 Å². The SMILES string of the molecule is COC(=O)[C@H](Nc1nc2ccccc2c(=O)o1)c1ccccc1. The van der Waals surface area contributed by atoms with Crippen molar-refractivity contribution in [2.75, 3.05) is 12.4 Å². The Morgan fingerprint density at radius 3 is 2.57 bits per heavy atom. The molecule has 0 spiro atoms. The van der Waals surface area contributed by atoms with Crippen LogP contribution in [-0.2, 0) is 9.53 Å². The second-order valence-electron chi connectivity index (χ2n) is 4.83. The predicted octanol–water partition coefficient (Wildman–Crippen LogP) is 2.51. The lowest BCUT2D eigenvalue weighted by atomic mass is 10.1. The summed E-state index contributed by atoms with van der Waals surface area (Å²) in [6, 6.07) is 15.0. The van der Waals surface area contributed by atoms with Gasteiger partial charge >= 0.3 is 11.6 Å². The number of aromatic nitrogens is 1. The highest BCUT2D eigenvalue weighted by atomic mass is 16.5. The van der Waals surface area contributed by atoms with E-state index in [0.717, 1.165) is 0 Å². The maximum atomic E-state index is 12.0. The van der Waals surface area contributed by atoms with Crippen LogP contribution >= 0.6 is 0 Å². The van der Waals surface area contributed by atoms with Crippen molar-refractivity contribution >= 4 is 22.9 Å². The number of rotatable bonds is 4. The fraction of sp³-hybridized carbons (Fsp3) is 0.118. The van der Waals surface area contributed by atoms with E-state index in [4.69, 9.17) is 9.15 Å². The number of nitrogens with one attached hydrogen (secondary N) is 1. The quantitative estimate of drug-likeness (QED) is 0.746. The van der Waals surface area contributed by atoms with Crippen LogP contribution in [0, 0.1) is 0 Å². The molecule has 1 heterocycles. The smallest absolute Gasteiger partial charge is 0.348 e. The largest absolute Gasteiger partial charge is 0.467 e. The van der Waals surface area contributed by atoms with Crippen molar-refractivity contribution in [1.29, 1.82) is 0 Å². The normalized spacial score (nSPS) is 11.9. The van der Waals surface area contributed by atoms with Crippen LogP contribution in [0.5, 0.6) is 0 Å². The molecule has 3 rings (SSSR count). The first kappa shape index (κ1) is 14.8. The van der Waals surface area contributed by atoms with Gasteiger partial charge in [-0.2, -0.15) is 4.98 Å². The zero-order valence-corrected chi connectivity index (χ0v) is 12.4. The molecule has 6 heteroatoms. The average Bonchev–Trinajstić information content (AvgIpc) is 2.60. The monoisotopic (exact) mass is 310 g/mol. The van der Waals surface area contributed by atoms with Crippen LogP contribution in [0.3, 0.4) is 0 Å². The minimum Gasteiger partial charge on any atom is -0.467 e. The van der Waals surface area contributed by atoms with Gasteiger partial charge in [0.2, 0.25) is 0 Å². The molecule has 0 radical (unpaired) electrons. The van der Waals surface area contributed by atoms with E-state index in [0.29, 0.717) is 16.5 Å². The number of benzene rings is 2. The standard InChI is InChI=1S/C17H14N2O4/c1-22-16(21)14(11-7-3-2-4-8-11)19-17-18-13-10-6-5-9-12(13)15(20)23-17/h2-10,14H,1H3,(H,18,19)/t14-/m1/s1. The van der Waals surface area contributed by atoms with Gasteiger partial charge in [-0.1, -0.05) is 42.5 Å². The van der Waals surface area contributed by atoms with Crippen LogP contribution in [0.2, 0.25) is 0 Å². The van der Waals surface area contributed by atoms with Crippen LogP contribution in [-0.4, -0.2) is 18.1 Å². The van der Waals surface area contributed by atoms with Gasteiger partial charge in [0.15, 0.2) is 6.04 Å². The Morgan fingerprint density at radius 2 is 1.83 bits per heavy atom. The molecule has 1 aromatic heterocycles. The molecule has 0 fully saturated rings. The number of para-hydroxylation sites is 1. The number of anilines is 1. The summed E-state index contributed by atoms with van der Waals surface area (Å²) >= 11 is 0. The molecule has 0 amide bonds. The molecule has 116 valence electrons. The Balaban J connectivity index is 2.00. The molecule has 6 nitrogen and oxygen atoms in total. The van der Waals surface area contributed by atoms with Gasteiger partial charge in [0, 0.05) is 0 Å². The number of ether oxygens (including phenoxy) is 1. The number of carbonyl (C=O) groups is 1. The molecule has 0 aliphatic heterocycles. The number of hydrogen-bond acceptors (Lipinski definition) is 6. The van der Waals surface area contributed by atoms with E-state index < -0.39 is 17.6 Å². The molecule has 0 aliphatic carbocycles. The second-order valence-corrected chi connectivity index (χ2v) is 4.83. The highest BCUT2D eigenvalue weighted by Crippen LogP contribution is 2.20. The maximum absolute atomic E-state index is 12.0. The summed E-state index contributed by atoms with van der Waals surface area (Å²) in [6.45, 7) is 0. The average molecular weight is 310 g/mol. The van der Waals surface area contributed by atoms with E-state index in [1.807, 2.05) is 6.07 Å². The van der Waals surface area contributed by atoms with E-state index >= 15 is 0 Å². The van der Waals surface area contributed by atoms with E-state index in [1.165, 1.54) is 7.11 Å². The minimum absolute atomic E-state index is 0.0343. The van der Waals surface area contributed by atoms with Crippen molar-refractivity contribution in [2.45, 2.75) is 6.04 Å². The van der Waals surface area contributed by atoms with Gasteiger partial charge in [-0.05, 0) is 17.7 Å². The summed E-state index contributed by atoms with van der Waals surface area (Å²) < 4.78 is 9.96. The third-order valence-corrected chi connectivity index (χ3v) is 3.37. The lowest BCUT2D eigenvalue weighted by Crippen LogP contribution is -2.23. The Bertz CT molecular complexity index is 890. The van der Waals surface area contributed by atoms with Gasteiger partial charge in [-0.15, -0.1) is 0 Å². The summed E-state index contributed by atoms with van der Waals surface area (Å²) in [7, 11) is 1.30. The van der Waals surface area contributed by atoms with Crippen molar-refractivity contribution in [3.63, 3.8) is 0 Å². The Labute approximate surface area is 131 Å². The molecular weight excluding hydrogens is 296 g/mol. The molecule has 3 aromatic rings. The van der Waals surface area contributed by atoms with Crippen LogP contribution < -0.4 is 10.9 Å². The molecule has 0 aliphatic rings. The molecule has 0 unspecified atom stereocenters. The third-order valence-electron chi connectivity index (χ3n) is 3.37. The molecule has 0 saturated carbocycles. The van der Waals surface area contributed by atoms with E-state index in [9.17, 15) is 9.59 Å². The minimum atomic E-state index is -0.821. The van der Waals surface area contributed by atoms with Crippen molar-refractivity contribution in [1.82, 2.24) is 4.98 Å². The lowest BCUT2D eigenvalue weighted by molar-refractivity contribution is -0.141. The molecule has 23 heavy (non-hydrogen) atoms. The molecule has 2 aromatic carbocycles. The first-order valence-corrected chi connectivity index (χ1v) is 6.98. The van der Waals surface area contributed by atoms with Crippen LogP contribution in [0.25, 0.3) is 10.9 Å². The number of methoxy groups -OCH3 is 1. The highest BCUT2D eigenvalue weighted by molar-refractivity contribution is 5.81. The van der Waals surface area contributed by atoms with Crippen molar-refractivity contribution in [2.24, 2.45) is 0 Å². The van der Waals surface area contributed by atoms with Gasteiger partial charge in [0.05, 0.1) is 18.0 Å². The van der Waals surface area contributed by atoms with Gasteiger partial charge in [0.1, 0.15) is 0 Å². The van der Waals surface area contributed by atoms with Crippen molar-refractivity contribution in [3.05, 3.63) is 70.6 Å². The maximum Gasteiger partial charge on any atom is 0.348 e. The third kappa shape index (κ3) is 3.06. The van der Waals surface area contributed by atoms with Crippen molar-refractivity contribution in [3.8, 4) is 0 Å². The second kappa shape index (κ2) is 6.31. The van der Waals surface area contributed by atoms with Crippen LogP contribution in [0.4, 0.5) is 6.01 Å². The van der Waals surface area contributed by atoms with Gasteiger partial charge in [-0.3, -0.25) is 0 Å². The fourth-order valence-corrected chi connectivity index (χ4v) is 2.25. The number of carbonyl (C=O) groups excluding carboxylic acids is 1. The molecular formula is C17H14N2O4. The zero-order valence-electron chi connectivity index (χ0n) is 12.4. The first-order chi connectivity index (χ1) is 11.2. The lowest BCUT2D eigenvalue weighted by Gasteiger charge is -2.16. The Hall–Kier alpha value is -3.15. The predicted molar refractivity (Wildman–Crippen MR) is 85.1 cm³/mol. The molecule has 0 saturated heterocycles.